The second-order valence-electron chi connectivity index (χ2n) is 12.9. The highest BCUT2D eigenvalue weighted by atomic mass is 16.4. The van der Waals surface area contributed by atoms with Gasteiger partial charge in [0.1, 0.15) is 6.10 Å². The maximum absolute atomic E-state index is 14.3. The smallest absolute Gasteiger partial charge is 0.259 e. The van der Waals surface area contributed by atoms with Crippen molar-refractivity contribution in [3.8, 4) is 0 Å². The molecule has 0 saturated carbocycles. The lowest BCUT2D eigenvalue weighted by atomic mass is 9.92. The van der Waals surface area contributed by atoms with Gasteiger partial charge in [-0.1, -0.05) is 36.4 Å². The van der Waals surface area contributed by atoms with E-state index < -0.39 is 29.4 Å². The number of benzene rings is 3. The summed E-state index contributed by atoms with van der Waals surface area (Å²) in [5, 5.41) is 29.6. The van der Waals surface area contributed by atoms with Gasteiger partial charge in [-0.2, -0.15) is 0 Å². The molecule has 0 radical (unpaired) electrons. The molecule has 232 valence electrons. The van der Waals surface area contributed by atoms with Crippen LogP contribution in [0, 0.1) is 0 Å². The number of rotatable bonds is 5. The summed E-state index contributed by atoms with van der Waals surface area (Å²) in [6.45, 7) is 3.97. The van der Waals surface area contributed by atoms with Crippen molar-refractivity contribution in [1.82, 2.24) is 29.2 Å². The van der Waals surface area contributed by atoms with E-state index in [4.69, 9.17) is 0 Å². The number of fused-ring (bicyclic) bond motifs is 9. The number of hydrogen-bond acceptors (Lipinski definition) is 7. The van der Waals surface area contributed by atoms with Crippen LogP contribution in [0.2, 0.25) is 0 Å². The fourth-order valence-corrected chi connectivity index (χ4v) is 7.83. The largest absolute Gasteiger partial charge is 0.388 e. The van der Waals surface area contributed by atoms with Crippen LogP contribution in [-0.4, -0.2) is 117 Å². The van der Waals surface area contributed by atoms with Gasteiger partial charge >= 0.3 is 0 Å². The number of nitrogens with one attached hydrogen (secondary N) is 1. The summed E-state index contributed by atoms with van der Waals surface area (Å²) in [6, 6.07) is 15.1. The average Bonchev–Trinajstić information content (AvgIpc) is 3.63. The van der Waals surface area contributed by atoms with Crippen LogP contribution in [0.4, 0.5) is 0 Å². The summed E-state index contributed by atoms with van der Waals surface area (Å²) >= 11 is 0. The predicted octanol–water partition coefficient (Wildman–Crippen LogP) is 1.99. The van der Waals surface area contributed by atoms with Gasteiger partial charge in [-0.3, -0.25) is 24.6 Å². The summed E-state index contributed by atoms with van der Waals surface area (Å²) in [6.07, 6.45) is -0.415. The highest BCUT2D eigenvalue weighted by molar-refractivity contribution is 6.39. The SMILES string of the molecule is CN(C)CCCN1CCN(C(=O)C2(O)Cn3c4ccccc4c4c5c(c6c7ccccc7n(c6c43)CC2O)C(=O)NC5=O)CC1. The van der Waals surface area contributed by atoms with Crippen LogP contribution >= 0.6 is 0 Å². The Kier molecular flexibility index (Phi) is 6.34. The number of aliphatic hydroxyl groups excluding tert-OH is 1. The van der Waals surface area contributed by atoms with E-state index in [1.807, 2.05) is 57.7 Å². The lowest BCUT2D eigenvalue weighted by Gasteiger charge is -2.41. The number of aliphatic hydroxyl groups is 2. The Morgan fingerprint density at radius 3 is 2.04 bits per heavy atom. The topological polar surface area (TPSA) is 123 Å². The van der Waals surface area contributed by atoms with Crippen LogP contribution in [0.3, 0.4) is 0 Å². The maximum Gasteiger partial charge on any atom is 0.259 e. The highest BCUT2D eigenvalue weighted by Gasteiger charge is 2.49. The van der Waals surface area contributed by atoms with E-state index in [0.717, 1.165) is 35.8 Å². The first-order valence-corrected chi connectivity index (χ1v) is 15.6. The predicted molar refractivity (Wildman–Crippen MR) is 171 cm³/mol. The van der Waals surface area contributed by atoms with Crippen molar-refractivity contribution < 1.29 is 24.6 Å². The van der Waals surface area contributed by atoms with Crippen LogP contribution in [-0.2, 0) is 17.9 Å². The minimum atomic E-state index is -2.14. The van der Waals surface area contributed by atoms with Crippen LogP contribution in [0.25, 0.3) is 43.6 Å². The van der Waals surface area contributed by atoms with Crippen molar-refractivity contribution in [2.24, 2.45) is 0 Å². The first-order valence-electron chi connectivity index (χ1n) is 15.6. The van der Waals surface area contributed by atoms with E-state index in [9.17, 15) is 24.6 Å². The number of aromatic nitrogens is 2. The second kappa shape index (κ2) is 10.1. The molecular formula is C34H36N6O5. The summed E-state index contributed by atoms with van der Waals surface area (Å²) < 4.78 is 3.78. The molecule has 2 atom stereocenters. The Bertz CT molecular complexity index is 2070. The van der Waals surface area contributed by atoms with E-state index in [2.05, 4.69) is 29.2 Å². The van der Waals surface area contributed by atoms with Gasteiger partial charge in [-0.25, -0.2) is 0 Å². The molecule has 11 nitrogen and oxygen atoms in total. The first-order chi connectivity index (χ1) is 21.7. The van der Waals surface area contributed by atoms with E-state index in [0.29, 0.717) is 64.6 Å². The van der Waals surface area contributed by atoms with E-state index in [-0.39, 0.29) is 13.1 Å². The van der Waals surface area contributed by atoms with Crippen molar-refractivity contribution >= 4 is 61.3 Å². The molecule has 0 bridgehead atoms. The minimum Gasteiger partial charge on any atom is -0.388 e. The molecule has 8 rings (SSSR count). The fraction of sp³-hybridized carbons (Fsp3) is 0.382. The molecule has 11 heteroatoms. The number of para-hydroxylation sites is 2. The van der Waals surface area contributed by atoms with Crippen molar-refractivity contribution in [2.45, 2.75) is 31.2 Å². The zero-order chi connectivity index (χ0) is 31.2. The minimum absolute atomic E-state index is 0.0677. The highest BCUT2D eigenvalue weighted by Crippen LogP contribution is 2.46. The molecule has 2 aromatic heterocycles. The van der Waals surface area contributed by atoms with Gasteiger partial charge in [-0.15, -0.1) is 0 Å². The van der Waals surface area contributed by atoms with Gasteiger partial charge < -0.3 is 29.1 Å². The quantitative estimate of drug-likeness (QED) is 0.261. The summed E-state index contributed by atoms with van der Waals surface area (Å²) in [4.78, 5) is 47.3. The van der Waals surface area contributed by atoms with Gasteiger partial charge in [0.25, 0.3) is 17.7 Å². The lowest BCUT2D eigenvalue weighted by Crippen LogP contribution is -2.62. The molecule has 45 heavy (non-hydrogen) atoms. The van der Waals surface area contributed by atoms with E-state index in [1.165, 1.54) is 0 Å². The Hall–Kier alpha value is -4.29. The van der Waals surface area contributed by atoms with Gasteiger partial charge in [0.05, 0.1) is 35.2 Å². The Balaban J connectivity index is 1.31. The number of hydrogen-bond donors (Lipinski definition) is 3. The Morgan fingerprint density at radius 2 is 1.44 bits per heavy atom. The molecule has 3 aliphatic heterocycles. The molecule has 1 fully saturated rings. The van der Waals surface area contributed by atoms with Gasteiger partial charge in [0.15, 0.2) is 5.60 Å². The monoisotopic (exact) mass is 608 g/mol. The van der Waals surface area contributed by atoms with E-state index >= 15 is 0 Å². The van der Waals surface area contributed by atoms with Gasteiger partial charge in [0, 0.05) is 58.8 Å². The lowest BCUT2D eigenvalue weighted by molar-refractivity contribution is -0.169. The Labute approximate surface area is 259 Å². The van der Waals surface area contributed by atoms with Crippen LogP contribution < -0.4 is 5.32 Å². The van der Waals surface area contributed by atoms with Gasteiger partial charge in [-0.05, 0) is 45.7 Å². The van der Waals surface area contributed by atoms with Crippen molar-refractivity contribution in [3.05, 3.63) is 59.7 Å². The molecule has 2 unspecified atom stereocenters. The summed E-state index contributed by atoms with van der Waals surface area (Å²) in [7, 11) is 4.11. The average molecular weight is 609 g/mol. The zero-order valence-corrected chi connectivity index (χ0v) is 25.4. The van der Waals surface area contributed by atoms with Crippen molar-refractivity contribution in [3.63, 3.8) is 0 Å². The third kappa shape index (κ3) is 4.01. The third-order valence-corrected chi connectivity index (χ3v) is 10.0. The molecule has 1 saturated heterocycles. The standard InChI is InChI=1S/C34H36N6O5/c1-36(2)12-7-13-37-14-16-38(17-15-37)33(44)34(45)19-40-23-11-6-4-9-21(23)26-28-27(31(42)35-32(28)43)25-20-8-3-5-10-22(20)39(18-24(34)41)29(25)30(26)40/h3-6,8-11,24,41,45H,7,12-19H2,1-2H3,(H,35,42,43). The molecule has 5 heterocycles. The fourth-order valence-electron chi connectivity index (χ4n) is 7.83. The summed E-state index contributed by atoms with van der Waals surface area (Å²) in [5.41, 5.74) is 1.30. The molecule has 3 N–H and O–H groups in total. The van der Waals surface area contributed by atoms with Crippen LogP contribution in [0.5, 0.6) is 0 Å². The molecular weight excluding hydrogens is 572 g/mol. The van der Waals surface area contributed by atoms with E-state index in [1.54, 1.807) is 4.90 Å². The van der Waals surface area contributed by atoms with Crippen molar-refractivity contribution in [2.75, 3.05) is 53.4 Å². The molecule has 5 aromatic rings. The number of nitrogens with zero attached hydrogens (tertiary/aromatic N) is 5. The third-order valence-electron chi connectivity index (χ3n) is 10.0. The van der Waals surface area contributed by atoms with Crippen molar-refractivity contribution in [1.29, 1.82) is 0 Å². The molecule has 3 aliphatic rings. The molecule has 0 aliphatic carbocycles. The first kappa shape index (κ1) is 28.2. The number of carbonyl (C=O) groups excluding carboxylic acids is 3. The zero-order valence-electron chi connectivity index (χ0n) is 25.4. The van der Waals surface area contributed by atoms with Crippen LogP contribution in [0.1, 0.15) is 27.1 Å². The Morgan fingerprint density at radius 1 is 0.889 bits per heavy atom. The maximum atomic E-state index is 14.3. The number of imide groups is 1. The summed E-state index contributed by atoms with van der Waals surface area (Å²) in [5.74, 6) is -1.42. The second-order valence-corrected chi connectivity index (χ2v) is 12.9. The van der Waals surface area contributed by atoms with Crippen LogP contribution in [0.15, 0.2) is 48.5 Å². The molecule has 0 spiro atoms. The number of carbonyl (C=O) groups is 3. The molecule has 3 aromatic carbocycles. The van der Waals surface area contributed by atoms with Gasteiger partial charge in [0.2, 0.25) is 0 Å². The number of amides is 3. The molecule has 3 amide bonds. The number of piperazine rings is 1. The normalized spacial score (nSPS) is 22.2.